The van der Waals surface area contributed by atoms with Crippen molar-refractivity contribution >= 4 is 42.1 Å². The van der Waals surface area contributed by atoms with Crippen LogP contribution in [-0.4, -0.2) is 47.5 Å². The van der Waals surface area contributed by atoms with Gasteiger partial charge in [-0.2, -0.15) is 0 Å². The fourth-order valence-electron chi connectivity index (χ4n) is 2.77. The first-order chi connectivity index (χ1) is 10.8. The Kier molecular flexibility index (Phi) is 8.62. The maximum absolute atomic E-state index is 12.6. The summed E-state index contributed by atoms with van der Waals surface area (Å²) in [6, 6.07) is 5.71. The molecule has 8 heteroatoms. The van der Waals surface area contributed by atoms with Crippen LogP contribution in [0.1, 0.15) is 22.5 Å². The molecule has 1 N–H and O–H groups in total. The van der Waals surface area contributed by atoms with E-state index in [0.717, 1.165) is 43.2 Å². The molecule has 1 aliphatic rings. The lowest BCUT2D eigenvalue weighted by atomic mass is 9.97. The monoisotopic (exact) mass is 388 g/mol. The highest BCUT2D eigenvalue weighted by Crippen LogP contribution is 2.25. The number of carbonyl (C=O) groups excluding carboxylic acids is 1. The van der Waals surface area contributed by atoms with Crippen molar-refractivity contribution in [2.75, 3.05) is 26.7 Å². The highest BCUT2D eigenvalue weighted by Gasteiger charge is 2.24. The molecule has 2 aromatic heterocycles. The van der Waals surface area contributed by atoms with E-state index in [0.29, 0.717) is 10.8 Å². The normalized spacial score (nSPS) is 14.6. The Morgan fingerprint density at radius 2 is 2.04 bits per heavy atom. The van der Waals surface area contributed by atoms with E-state index in [9.17, 15) is 4.79 Å². The topological polar surface area (TPSA) is 58.1 Å². The number of likely N-dealkylation sites (tertiary alicyclic amines) is 1. The molecule has 0 radical (unpaired) electrons. The number of thiazole rings is 1. The zero-order valence-corrected chi connectivity index (χ0v) is 15.9. The van der Waals surface area contributed by atoms with Crippen LogP contribution in [0.15, 0.2) is 30.6 Å². The van der Waals surface area contributed by atoms with Gasteiger partial charge in [-0.15, -0.1) is 36.2 Å². The van der Waals surface area contributed by atoms with E-state index in [1.54, 1.807) is 12.4 Å². The van der Waals surface area contributed by atoms with Gasteiger partial charge < -0.3 is 10.2 Å². The van der Waals surface area contributed by atoms with Crippen LogP contribution in [0.4, 0.5) is 0 Å². The first-order valence-corrected chi connectivity index (χ1v) is 8.40. The summed E-state index contributed by atoms with van der Waals surface area (Å²) >= 11 is 1.42. The van der Waals surface area contributed by atoms with Crippen molar-refractivity contribution in [1.82, 2.24) is 20.2 Å². The van der Waals surface area contributed by atoms with Gasteiger partial charge in [-0.3, -0.25) is 9.78 Å². The van der Waals surface area contributed by atoms with Gasteiger partial charge in [0.1, 0.15) is 9.88 Å². The number of carbonyl (C=O) groups is 1. The van der Waals surface area contributed by atoms with Gasteiger partial charge in [0.05, 0.1) is 11.9 Å². The quantitative estimate of drug-likeness (QED) is 0.873. The lowest BCUT2D eigenvalue weighted by Crippen LogP contribution is -2.40. The maximum atomic E-state index is 12.6. The Balaban J connectivity index is 0.00000144. The first kappa shape index (κ1) is 20.8. The number of hydrogen-bond donors (Lipinski definition) is 1. The number of halogens is 2. The summed E-state index contributed by atoms with van der Waals surface area (Å²) in [5, 5.41) is 4.02. The van der Waals surface area contributed by atoms with Crippen LogP contribution in [0.2, 0.25) is 0 Å². The highest BCUT2D eigenvalue weighted by molar-refractivity contribution is 7.16. The molecule has 3 rings (SSSR count). The van der Waals surface area contributed by atoms with Gasteiger partial charge in [0, 0.05) is 19.3 Å². The number of pyridine rings is 1. The number of piperidine rings is 1. The van der Waals surface area contributed by atoms with Crippen molar-refractivity contribution in [3.05, 3.63) is 35.5 Å². The Bertz CT molecular complexity index is 630. The molecule has 0 bridgehead atoms. The van der Waals surface area contributed by atoms with Crippen LogP contribution in [0.25, 0.3) is 10.7 Å². The third kappa shape index (κ3) is 4.89. The minimum atomic E-state index is 0. The van der Waals surface area contributed by atoms with Gasteiger partial charge in [-0.25, -0.2) is 4.98 Å². The summed E-state index contributed by atoms with van der Waals surface area (Å²) in [6.45, 7) is 2.70. The van der Waals surface area contributed by atoms with Gasteiger partial charge in [0.15, 0.2) is 0 Å². The fourth-order valence-corrected chi connectivity index (χ4v) is 3.63. The molecule has 1 fully saturated rings. The average Bonchev–Trinajstić information content (AvgIpc) is 3.06. The van der Waals surface area contributed by atoms with E-state index < -0.39 is 0 Å². The Morgan fingerprint density at radius 1 is 1.29 bits per heavy atom. The van der Waals surface area contributed by atoms with Gasteiger partial charge in [-0.05, 0) is 44.5 Å². The second kappa shape index (κ2) is 9.93. The second-order valence-corrected chi connectivity index (χ2v) is 6.57. The van der Waals surface area contributed by atoms with Crippen molar-refractivity contribution < 1.29 is 4.79 Å². The molecule has 3 heterocycles. The largest absolute Gasteiger partial charge is 0.338 e. The summed E-state index contributed by atoms with van der Waals surface area (Å²) in [4.78, 5) is 23.8. The fraction of sp³-hybridized carbons (Fsp3) is 0.438. The summed E-state index contributed by atoms with van der Waals surface area (Å²) in [6.07, 6.45) is 5.55. The molecular formula is C16H22Cl2N4OS. The zero-order chi connectivity index (χ0) is 15.4. The van der Waals surface area contributed by atoms with Crippen LogP contribution >= 0.6 is 36.2 Å². The summed E-state index contributed by atoms with van der Waals surface area (Å²) < 4.78 is 0. The molecule has 5 nitrogen and oxygen atoms in total. The minimum Gasteiger partial charge on any atom is -0.338 e. The van der Waals surface area contributed by atoms with Gasteiger partial charge in [-0.1, -0.05) is 6.07 Å². The third-order valence-corrected chi connectivity index (χ3v) is 5.00. The van der Waals surface area contributed by atoms with Crippen LogP contribution < -0.4 is 5.32 Å². The molecule has 0 saturated carbocycles. The van der Waals surface area contributed by atoms with E-state index >= 15 is 0 Å². The van der Waals surface area contributed by atoms with Crippen LogP contribution in [0.3, 0.4) is 0 Å². The number of rotatable bonds is 4. The van der Waals surface area contributed by atoms with Crippen molar-refractivity contribution in [2.45, 2.75) is 12.8 Å². The van der Waals surface area contributed by atoms with Crippen LogP contribution in [0.5, 0.6) is 0 Å². The van der Waals surface area contributed by atoms with Crippen LogP contribution in [-0.2, 0) is 0 Å². The minimum absolute atomic E-state index is 0. The lowest BCUT2D eigenvalue weighted by molar-refractivity contribution is 0.0695. The second-order valence-electron chi connectivity index (χ2n) is 5.54. The average molecular weight is 389 g/mol. The summed E-state index contributed by atoms with van der Waals surface area (Å²) in [5.74, 6) is 0.780. The Morgan fingerprint density at radius 3 is 2.67 bits per heavy atom. The molecule has 0 unspecified atom stereocenters. The van der Waals surface area contributed by atoms with E-state index in [4.69, 9.17) is 0 Å². The van der Waals surface area contributed by atoms with Crippen molar-refractivity contribution in [2.24, 2.45) is 5.92 Å². The first-order valence-electron chi connectivity index (χ1n) is 7.59. The smallest absolute Gasteiger partial charge is 0.265 e. The molecule has 132 valence electrons. The van der Waals surface area contributed by atoms with Gasteiger partial charge in [0.25, 0.3) is 5.91 Å². The Hall–Kier alpha value is -1.21. The number of aromatic nitrogens is 2. The molecule has 1 saturated heterocycles. The molecule has 1 amide bonds. The van der Waals surface area contributed by atoms with E-state index in [-0.39, 0.29) is 30.7 Å². The molecule has 1 aliphatic heterocycles. The van der Waals surface area contributed by atoms with E-state index in [1.165, 1.54) is 11.3 Å². The Labute approximate surface area is 158 Å². The van der Waals surface area contributed by atoms with Gasteiger partial charge >= 0.3 is 0 Å². The molecule has 0 spiro atoms. The standard InChI is InChI=1S/C16H20N4OS.2ClH/c1-17-10-12-5-8-20(9-6-12)16(21)14-11-19-15(22-14)13-4-2-3-7-18-13;;/h2-4,7,11-12,17H,5-6,8-10H2,1H3;2*1H. The van der Waals surface area contributed by atoms with Crippen molar-refractivity contribution in [1.29, 1.82) is 0 Å². The molecular weight excluding hydrogens is 367 g/mol. The van der Waals surface area contributed by atoms with E-state index in [2.05, 4.69) is 15.3 Å². The molecule has 2 aromatic rings. The number of amides is 1. The summed E-state index contributed by atoms with van der Waals surface area (Å²) in [5.41, 5.74) is 0.819. The maximum Gasteiger partial charge on any atom is 0.265 e. The molecule has 0 aliphatic carbocycles. The number of hydrogen-bond acceptors (Lipinski definition) is 5. The lowest BCUT2D eigenvalue weighted by Gasteiger charge is -2.31. The molecule has 0 atom stereocenters. The summed E-state index contributed by atoms with van der Waals surface area (Å²) in [7, 11) is 1.98. The van der Waals surface area contributed by atoms with Gasteiger partial charge in [0.2, 0.25) is 0 Å². The van der Waals surface area contributed by atoms with Crippen molar-refractivity contribution in [3.8, 4) is 10.7 Å². The SMILES string of the molecule is CNCC1CCN(C(=O)c2cnc(-c3ccccn3)s2)CC1.Cl.Cl. The highest BCUT2D eigenvalue weighted by atomic mass is 35.5. The predicted octanol–water partition coefficient (Wildman–Crippen LogP) is 3.12. The van der Waals surface area contributed by atoms with E-state index in [1.807, 2.05) is 30.1 Å². The zero-order valence-electron chi connectivity index (χ0n) is 13.5. The molecule has 0 aromatic carbocycles. The number of nitrogens with one attached hydrogen (secondary N) is 1. The van der Waals surface area contributed by atoms with Crippen LogP contribution in [0, 0.1) is 5.92 Å². The third-order valence-electron chi connectivity index (χ3n) is 4.00. The predicted molar refractivity (Wildman–Crippen MR) is 102 cm³/mol. The molecule has 24 heavy (non-hydrogen) atoms. The number of nitrogens with zero attached hydrogens (tertiary/aromatic N) is 3. The van der Waals surface area contributed by atoms with Crippen molar-refractivity contribution in [3.63, 3.8) is 0 Å².